The van der Waals surface area contributed by atoms with Crippen LogP contribution in [0.2, 0.25) is 0 Å². The summed E-state index contributed by atoms with van der Waals surface area (Å²) in [4.78, 5) is 22.9. The first-order chi connectivity index (χ1) is 10.1. The normalized spacial score (nSPS) is 11.8. The van der Waals surface area contributed by atoms with E-state index in [9.17, 15) is 9.59 Å². The van der Waals surface area contributed by atoms with Crippen molar-refractivity contribution in [1.29, 1.82) is 0 Å². The average Bonchev–Trinajstić information content (AvgIpc) is 2.50. The molecule has 1 aromatic rings. The summed E-state index contributed by atoms with van der Waals surface area (Å²) >= 11 is 1.45. The number of aryl methyl sites for hydroxylation is 1. The van der Waals surface area contributed by atoms with Gasteiger partial charge in [-0.25, -0.2) is 0 Å². The zero-order valence-electron chi connectivity index (χ0n) is 12.4. The topological polar surface area (TPSA) is 81.4 Å². The van der Waals surface area contributed by atoms with E-state index in [-0.39, 0.29) is 5.91 Å². The van der Waals surface area contributed by atoms with Crippen LogP contribution in [0.5, 0.6) is 0 Å². The van der Waals surface area contributed by atoms with E-state index in [1.54, 1.807) is 0 Å². The van der Waals surface area contributed by atoms with E-state index in [0.717, 1.165) is 12.1 Å². The van der Waals surface area contributed by atoms with Gasteiger partial charge in [0.15, 0.2) is 0 Å². The molecule has 0 aliphatic rings. The summed E-state index contributed by atoms with van der Waals surface area (Å²) in [5.41, 5.74) is 7.61. The van der Waals surface area contributed by atoms with Crippen LogP contribution in [0.25, 0.3) is 0 Å². The summed E-state index contributed by atoms with van der Waals surface area (Å²) in [5, 5.41) is 2.86. The Labute approximate surface area is 129 Å². The Morgan fingerprint density at radius 1 is 1.43 bits per heavy atom. The molecule has 0 saturated heterocycles. The van der Waals surface area contributed by atoms with Crippen LogP contribution in [0.4, 0.5) is 5.69 Å². The first-order valence-corrected chi connectivity index (χ1v) is 8.02. The van der Waals surface area contributed by atoms with Crippen LogP contribution < -0.4 is 11.1 Å². The molecule has 1 rings (SSSR count). The highest BCUT2D eigenvalue weighted by molar-refractivity contribution is 7.99. The van der Waals surface area contributed by atoms with Gasteiger partial charge in [0.05, 0.1) is 12.9 Å². The fraction of sp³-hybridized carbons (Fsp3) is 0.467. The second kappa shape index (κ2) is 9.41. The van der Waals surface area contributed by atoms with Crippen LogP contribution in [0.15, 0.2) is 24.3 Å². The average molecular weight is 310 g/mol. The zero-order valence-corrected chi connectivity index (χ0v) is 13.2. The van der Waals surface area contributed by atoms with Crippen molar-refractivity contribution in [2.24, 2.45) is 5.73 Å². The van der Waals surface area contributed by atoms with Gasteiger partial charge in [-0.05, 0) is 36.3 Å². The van der Waals surface area contributed by atoms with Crippen molar-refractivity contribution in [3.63, 3.8) is 0 Å². The number of nitrogens with two attached hydrogens (primary N) is 1. The molecule has 21 heavy (non-hydrogen) atoms. The van der Waals surface area contributed by atoms with Crippen molar-refractivity contribution < 1.29 is 14.3 Å². The second-order valence-corrected chi connectivity index (χ2v) is 5.68. The molecule has 0 aromatic heterocycles. The third-order valence-corrected chi connectivity index (χ3v) is 3.92. The van der Waals surface area contributed by atoms with Crippen molar-refractivity contribution in [1.82, 2.24) is 0 Å². The Hall–Kier alpha value is -1.53. The number of amides is 1. The minimum Gasteiger partial charge on any atom is -0.468 e. The predicted molar refractivity (Wildman–Crippen MR) is 86.4 cm³/mol. The largest absolute Gasteiger partial charge is 0.468 e. The van der Waals surface area contributed by atoms with Crippen molar-refractivity contribution in [2.75, 3.05) is 23.9 Å². The van der Waals surface area contributed by atoms with Gasteiger partial charge in [0.1, 0.15) is 6.04 Å². The van der Waals surface area contributed by atoms with Crippen LogP contribution in [0.1, 0.15) is 18.9 Å². The lowest BCUT2D eigenvalue weighted by Gasteiger charge is -2.09. The first-order valence-electron chi connectivity index (χ1n) is 6.86. The summed E-state index contributed by atoms with van der Waals surface area (Å²) in [6.45, 7) is 2.07. The lowest BCUT2D eigenvalue weighted by molar-refractivity contribution is -0.142. The van der Waals surface area contributed by atoms with E-state index < -0.39 is 12.0 Å². The minimum absolute atomic E-state index is 0.0557. The van der Waals surface area contributed by atoms with Crippen LogP contribution in [-0.2, 0) is 20.7 Å². The molecule has 0 aliphatic heterocycles. The molecule has 0 radical (unpaired) electrons. The van der Waals surface area contributed by atoms with Gasteiger partial charge in [-0.3, -0.25) is 9.59 Å². The van der Waals surface area contributed by atoms with E-state index in [4.69, 9.17) is 5.73 Å². The van der Waals surface area contributed by atoms with E-state index in [1.807, 2.05) is 24.3 Å². The van der Waals surface area contributed by atoms with Gasteiger partial charge in [-0.15, -0.1) is 0 Å². The van der Waals surface area contributed by atoms with Gasteiger partial charge in [-0.2, -0.15) is 11.8 Å². The number of nitrogens with one attached hydrogen (secondary N) is 1. The van der Waals surface area contributed by atoms with Gasteiger partial charge >= 0.3 is 5.97 Å². The monoisotopic (exact) mass is 310 g/mol. The van der Waals surface area contributed by atoms with Crippen LogP contribution in [-0.4, -0.2) is 36.5 Å². The highest BCUT2D eigenvalue weighted by Crippen LogP contribution is 2.12. The Balaban J connectivity index is 2.26. The fourth-order valence-electron chi connectivity index (χ4n) is 1.71. The lowest BCUT2D eigenvalue weighted by atomic mass is 10.1. The highest BCUT2D eigenvalue weighted by atomic mass is 32.2. The molecule has 1 aromatic carbocycles. The van der Waals surface area contributed by atoms with Crippen molar-refractivity contribution in [2.45, 2.75) is 25.8 Å². The molecule has 0 heterocycles. The van der Waals surface area contributed by atoms with Gasteiger partial charge in [-0.1, -0.05) is 19.1 Å². The van der Waals surface area contributed by atoms with E-state index >= 15 is 0 Å². The summed E-state index contributed by atoms with van der Waals surface area (Å²) < 4.78 is 4.54. The van der Waals surface area contributed by atoms with E-state index in [2.05, 4.69) is 17.0 Å². The lowest BCUT2D eigenvalue weighted by Crippen LogP contribution is -2.32. The van der Waals surface area contributed by atoms with Gasteiger partial charge in [0.2, 0.25) is 5.91 Å². The van der Waals surface area contributed by atoms with Crippen molar-refractivity contribution in [3.8, 4) is 0 Å². The molecule has 5 nitrogen and oxygen atoms in total. The number of methoxy groups -OCH3 is 1. The highest BCUT2D eigenvalue weighted by Gasteiger charge is 2.13. The van der Waals surface area contributed by atoms with Gasteiger partial charge in [0.25, 0.3) is 0 Å². The number of esters is 1. The molecule has 6 heteroatoms. The van der Waals surface area contributed by atoms with E-state index in [0.29, 0.717) is 17.9 Å². The fourth-order valence-corrected chi connectivity index (χ4v) is 2.53. The Morgan fingerprint density at radius 2 is 2.19 bits per heavy atom. The summed E-state index contributed by atoms with van der Waals surface area (Å²) in [6.07, 6.45) is 1.43. The summed E-state index contributed by atoms with van der Waals surface area (Å²) in [5.74, 6) is 0.500. The standard InChI is InChI=1S/C15H22N2O3S/c1-3-11-5-4-6-12(9-11)17-14(18)10-21-8-7-13(16)15(19)20-2/h4-6,9,13H,3,7-8,10,16H2,1-2H3,(H,17,18). The van der Waals surface area contributed by atoms with Gasteiger partial charge < -0.3 is 15.8 Å². The molecule has 1 amide bonds. The molecule has 3 N–H and O–H groups in total. The maximum Gasteiger partial charge on any atom is 0.322 e. The number of hydrogen-bond acceptors (Lipinski definition) is 5. The molecule has 0 saturated carbocycles. The maximum atomic E-state index is 11.8. The molecule has 0 bridgehead atoms. The molecule has 1 atom stereocenters. The number of ether oxygens (including phenoxy) is 1. The Kier molecular flexibility index (Phi) is 7.85. The zero-order chi connectivity index (χ0) is 15.7. The molecular weight excluding hydrogens is 288 g/mol. The number of thioether (sulfide) groups is 1. The molecule has 116 valence electrons. The Bertz CT molecular complexity index is 480. The van der Waals surface area contributed by atoms with Crippen molar-refractivity contribution in [3.05, 3.63) is 29.8 Å². The second-order valence-electron chi connectivity index (χ2n) is 4.57. The number of anilines is 1. The maximum absolute atomic E-state index is 11.8. The minimum atomic E-state index is -0.619. The first kappa shape index (κ1) is 17.5. The van der Waals surface area contributed by atoms with E-state index in [1.165, 1.54) is 24.4 Å². The smallest absolute Gasteiger partial charge is 0.322 e. The SMILES string of the molecule is CCc1cccc(NC(=O)CSCCC(N)C(=O)OC)c1. The number of carbonyl (C=O) groups excluding carboxylic acids is 2. The van der Waals surface area contributed by atoms with Crippen LogP contribution in [0.3, 0.4) is 0 Å². The molecule has 0 fully saturated rings. The van der Waals surface area contributed by atoms with Crippen molar-refractivity contribution >= 4 is 29.3 Å². The third-order valence-electron chi connectivity index (χ3n) is 2.93. The molecule has 1 unspecified atom stereocenters. The summed E-state index contributed by atoms with van der Waals surface area (Å²) in [6, 6.07) is 7.17. The molecular formula is C15H22N2O3S. The number of benzene rings is 1. The molecule has 0 spiro atoms. The molecule has 0 aliphatic carbocycles. The predicted octanol–water partition coefficient (Wildman–Crippen LogP) is 1.81. The summed E-state index contributed by atoms with van der Waals surface area (Å²) in [7, 11) is 1.31. The third kappa shape index (κ3) is 6.64. The Morgan fingerprint density at radius 3 is 2.86 bits per heavy atom. The quantitative estimate of drug-likeness (QED) is 0.565. The number of hydrogen-bond donors (Lipinski definition) is 2. The van der Waals surface area contributed by atoms with Gasteiger partial charge in [0, 0.05) is 5.69 Å². The van der Waals surface area contributed by atoms with Crippen LogP contribution in [0, 0.1) is 0 Å². The number of carbonyl (C=O) groups is 2. The van der Waals surface area contributed by atoms with Crippen LogP contribution >= 0.6 is 11.8 Å². The number of rotatable bonds is 8.